The number of rotatable bonds is 8. The molecule has 1 heterocycles. The largest absolute Gasteiger partial charge is 0.486 e. The average Bonchev–Trinajstić information content (AvgIpc) is 2.59. The van der Waals surface area contributed by atoms with Crippen LogP contribution in [0.2, 0.25) is 0 Å². The number of hydrogen-bond donors (Lipinski definition) is 2. The lowest BCUT2D eigenvalue weighted by Gasteiger charge is -2.27. The van der Waals surface area contributed by atoms with Crippen molar-refractivity contribution in [3.8, 4) is 11.5 Å². The maximum Gasteiger partial charge on any atom is 0.314 e. The van der Waals surface area contributed by atoms with Gasteiger partial charge in [0, 0.05) is 31.7 Å². The van der Waals surface area contributed by atoms with Crippen molar-refractivity contribution in [2.24, 2.45) is 0 Å². The molecular weight excluding hydrogens is 308 g/mol. The van der Waals surface area contributed by atoms with Crippen molar-refractivity contribution in [1.29, 1.82) is 0 Å². The molecule has 2 N–H and O–H groups in total. The van der Waals surface area contributed by atoms with Gasteiger partial charge in [-0.15, -0.1) is 0 Å². The summed E-state index contributed by atoms with van der Waals surface area (Å²) < 4.78 is 16.4. The first-order valence-corrected chi connectivity index (χ1v) is 8.52. The molecule has 0 fully saturated rings. The SMILES string of the molecule is CCOCCCNC(=O)NCC(C)(C)c1ccc2c(c1)OCCO2. The van der Waals surface area contributed by atoms with E-state index in [9.17, 15) is 4.79 Å². The molecule has 6 heteroatoms. The molecule has 0 aromatic heterocycles. The van der Waals surface area contributed by atoms with Gasteiger partial charge in [0.1, 0.15) is 13.2 Å². The summed E-state index contributed by atoms with van der Waals surface area (Å²) in [6, 6.07) is 5.79. The van der Waals surface area contributed by atoms with Gasteiger partial charge in [-0.2, -0.15) is 0 Å². The van der Waals surface area contributed by atoms with Crippen molar-refractivity contribution in [1.82, 2.24) is 10.6 Å². The van der Waals surface area contributed by atoms with E-state index in [4.69, 9.17) is 14.2 Å². The van der Waals surface area contributed by atoms with Crippen LogP contribution in [0, 0.1) is 0 Å². The summed E-state index contributed by atoms with van der Waals surface area (Å²) in [5, 5.41) is 5.77. The fourth-order valence-electron chi connectivity index (χ4n) is 2.45. The van der Waals surface area contributed by atoms with Gasteiger partial charge in [0.2, 0.25) is 0 Å². The highest BCUT2D eigenvalue weighted by atomic mass is 16.6. The van der Waals surface area contributed by atoms with Gasteiger partial charge in [-0.05, 0) is 31.0 Å². The minimum Gasteiger partial charge on any atom is -0.486 e. The summed E-state index contributed by atoms with van der Waals surface area (Å²) in [5.74, 6) is 1.55. The quantitative estimate of drug-likeness (QED) is 0.716. The summed E-state index contributed by atoms with van der Waals surface area (Å²) in [7, 11) is 0. The first kappa shape index (κ1) is 18.4. The molecule has 0 radical (unpaired) electrons. The number of nitrogens with one attached hydrogen (secondary N) is 2. The highest BCUT2D eigenvalue weighted by Gasteiger charge is 2.24. The molecule has 0 aliphatic carbocycles. The van der Waals surface area contributed by atoms with Gasteiger partial charge >= 0.3 is 6.03 Å². The van der Waals surface area contributed by atoms with Crippen LogP contribution < -0.4 is 20.1 Å². The smallest absolute Gasteiger partial charge is 0.314 e. The van der Waals surface area contributed by atoms with Crippen molar-refractivity contribution in [2.45, 2.75) is 32.6 Å². The van der Waals surface area contributed by atoms with E-state index in [1.807, 2.05) is 25.1 Å². The highest BCUT2D eigenvalue weighted by molar-refractivity contribution is 5.73. The zero-order chi connectivity index (χ0) is 17.4. The summed E-state index contributed by atoms with van der Waals surface area (Å²) in [6.07, 6.45) is 0.812. The van der Waals surface area contributed by atoms with E-state index in [1.54, 1.807) is 0 Å². The van der Waals surface area contributed by atoms with Gasteiger partial charge in [-0.25, -0.2) is 4.79 Å². The van der Waals surface area contributed by atoms with Crippen LogP contribution in [0.25, 0.3) is 0 Å². The van der Waals surface area contributed by atoms with E-state index in [0.717, 1.165) is 23.5 Å². The zero-order valence-corrected chi connectivity index (χ0v) is 14.8. The number of ether oxygens (including phenoxy) is 3. The molecule has 24 heavy (non-hydrogen) atoms. The van der Waals surface area contributed by atoms with Gasteiger partial charge in [0.15, 0.2) is 11.5 Å². The number of benzene rings is 1. The Hall–Kier alpha value is -1.95. The van der Waals surface area contributed by atoms with Gasteiger partial charge in [0.05, 0.1) is 0 Å². The second-order valence-corrected chi connectivity index (χ2v) is 6.40. The Morgan fingerprint density at radius 3 is 2.71 bits per heavy atom. The van der Waals surface area contributed by atoms with Crippen LogP contribution in [-0.2, 0) is 10.2 Å². The summed E-state index contributed by atoms with van der Waals surface area (Å²) in [5.41, 5.74) is 0.891. The van der Waals surface area contributed by atoms with Crippen molar-refractivity contribution >= 4 is 6.03 Å². The molecule has 1 aliphatic rings. The Kier molecular flexibility index (Phi) is 6.73. The number of amides is 2. The molecule has 134 valence electrons. The van der Waals surface area contributed by atoms with Crippen LogP contribution in [0.5, 0.6) is 11.5 Å². The molecule has 6 nitrogen and oxygen atoms in total. The Bertz CT molecular complexity index is 546. The van der Waals surface area contributed by atoms with Crippen LogP contribution in [0.15, 0.2) is 18.2 Å². The third-order valence-corrected chi connectivity index (χ3v) is 3.97. The number of carbonyl (C=O) groups excluding carboxylic acids is 1. The molecule has 2 amide bonds. The van der Waals surface area contributed by atoms with Crippen LogP contribution in [0.1, 0.15) is 32.8 Å². The minimum atomic E-state index is -0.210. The van der Waals surface area contributed by atoms with Crippen molar-refractivity contribution in [3.05, 3.63) is 23.8 Å². The topological polar surface area (TPSA) is 68.8 Å². The van der Waals surface area contributed by atoms with Crippen LogP contribution in [0.4, 0.5) is 4.79 Å². The van der Waals surface area contributed by atoms with Crippen LogP contribution in [0.3, 0.4) is 0 Å². The molecule has 0 unspecified atom stereocenters. The van der Waals surface area contributed by atoms with E-state index in [-0.39, 0.29) is 11.4 Å². The standard InChI is InChI=1S/C18H28N2O4/c1-4-22-9-5-8-19-17(21)20-13-18(2,3)14-6-7-15-16(12-14)24-11-10-23-15/h6-7,12H,4-5,8-11,13H2,1-3H3,(H2,19,20,21). The molecule has 1 aliphatic heterocycles. The molecule has 1 aromatic carbocycles. The van der Waals surface area contributed by atoms with E-state index in [1.165, 1.54) is 0 Å². The predicted octanol–water partition coefficient (Wildman–Crippen LogP) is 2.46. The van der Waals surface area contributed by atoms with Crippen molar-refractivity contribution < 1.29 is 19.0 Å². The Morgan fingerprint density at radius 2 is 1.96 bits per heavy atom. The lowest BCUT2D eigenvalue weighted by atomic mass is 9.84. The first-order valence-electron chi connectivity index (χ1n) is 8.52. The normalized spacial score (nSPS) is 13.5. The first-order chi connectivity index (χ1) is 11.5. The average molecular weight is 336 g/mol. The highest BCUT2D eigenvalue weighted by Crippen LogP contribution is 2.34. The summed E-state index contributed by atoms with van der Waals surface area (Å²) in [4.78, 5) is 11.9. The molecular formula is C18H28N2O4. The molecule has 2 rings (SSSR count). The molecule has 0 spiro atoms. The number of urea groups is 1. The van der Waals surface area contributed by atoms with Crippen LogP contribution >= 0.6 is 0 Å². The molecule has 1 aromatic rings. The minimum absolute atomic E-state index is 0.155. The third-order valence-electron chi connectivity index (χ3n) is 3.97. The Balaban J connectivity index is 1.81. The van der Waals surface area contributed by atoms with Crippen molar-refractivity contribution in [3.63, 3.8) is 0 Å². The fourth-order valence-corrected chi connectivity index (χ4v) is 2.45. The molecule has 0 saturated carbocycles. The maximum absolute atomic E-state index is 11.9. The Morgan fingerprint density at radius 1 is 1.21 bits per heavy atom. The second kappa shape index (κ2) is 8.78. The molecule has 0 bridgehead atoms. The summed E-state index contributed by atoms with van der Waals surface area (Å²) in [6.45, 7) is 9.80. The van der Waals surface area contributed by atoms with E-state index in [0.29, 0.717) is 39.5 Å². The lowest BCUT2D eigenvalue weighted by molar-refractivity contribution is 0.145. The van der Waals surface area contributed by atoms with E-state index in [2.05, 4.69) is 24.5 Å². The van der Waals surface area contributed by atoms with E-state index < -0.39 is 0 Å². The summed E-state index contributed by atoms with van der Waals surface area (Å²) >= 11 is 0. The molecule has 0 atom stereocenters. The monoisotopic (exact) mass is 336 g/mol. The maximum atomic E-state index is 11.9. The number of carbonyl (C=O) groups is 1. The van der Waals surface area contributed by atoms with Gasteiger partial charge in [-0.1, -0.05) is 19.9 Å². The number of hydrogen-bond acceptors (Lipinski definition) is 4. The molecule has 0 saturated heterocycles. The number of fused-ring (bicyclic) bond motifs is 1. The van der Waals surface area contributed by atoms with Crippen LogP contribution in [-0.4, -0.2) is 45.5 Å². The van der Waals surface area contributed by atoms with Gasteiger partial charge in [0.25, 0.3) is 0 Å². The Labute approximate surface area is 143 Å². The zero-order valence-electron chi connectivity index (χ0n) is 14.8. The van der Waals surface area contributed by atoms with Gasteiger partial charge in [-0.3, -0.25) is 0 Å². The van der Waals surface area contributed by atoms with E-state index >= 15 is 0 Å². The lowest BCUT2D eigenvalue weighted by Crippen LogP contribution is -2.42. The second-order valence-electron chi connectivity index (χ2n) is 6.40. The van der Waals surface area contributed by atoms with Gasteiger partial charge < -0.3 is 24.8 Å². The third kappa shape index (κ3) is 5.30. The fraction of sp³-hybridized carbons (Fsp3) is 0.611. The predicted molar refractivity (Wildman–Crippen MR) is 93.0 cm³/mol. The van der Waals surface area contributed by atoms with Crippen molar-refractivity contribution in [2.75, 3.05) is 39.5 Å².